The minimum absolute atomic E-state index is 0.0538. The van der Waals surface area contributed by atoms with Crippen LogP contribution in [-0.2, 0) is 6.54 Å². The lowest BCUT2D eigenvalue weighted by molar-refractivity contribution is 0.0773. The van der Waals surface area contributed by atoms with Crippen molar-refractivity contribution in [1.82, 2.24) is 9.88 Å². The number of halogens is 1. The highest BCUT2D eigenvalue weighted by atomic mass is 35.5. The van der Waals surface area contributed by atoms with E-state index in [2.05, 4.69) is 10.3 Å². The number of benzene rings is 2. The summed E-state index contributed by atoms with van der Waals surface area (Å²) in [4.78, 5) is 19.3. The maximum atomic E-state index is 13.1. The molecule has 0 saturated heterocycles. The molecule has 3 rings (SSSR count). The fourth-order valence-electron chi connectivity index (χ4n) is 3.23. The third-order valence-electron chi connectivity index (χ3n) is 4.76. The lowest BCUT2D eigenvalue weighted by Gasteiger charge is -2.22. The summed E-state index contributed by atoms with van der Waals surface area (Å²) in [5.74, 6) is 0.741. The molecule has 0 aliphatic rings. The van der Waals surface area contributed by atoms with E-state index in [-0.39, 0.29) is 5.91 Å². The van der Waals surface area contributed by atoms with Crippen LogP contribution in [0.25, 0.3) is 10.9 Å². The van der Waals surface area contributed by atoms with Gasteiger partial charge in [0.15, 0.2) is 0 Å². The average molecular weight is 398 g/mol. The van der Waals surface area contributed by atoms with Gasteiger partial charge < -0.3 is 15.0 Å². The predicted molar refractivity (Wildman–Crippen MR) is 114 cm³/mol. The van der Waals surface area contributed by atoms with Gasteiger partial charge in [-0.25, -0.2) is 0 Å². The highest BCUT2D eigenvalue weighted by Crippen LogP contribution is 2.30. The summed E-state index contributed by atoms with van der Waals surface area (Å²) in [7, 11) is 1.65. The number of carbonyl (C=O) groups is 1. The molecular formula is C22H24ClN3O2. The van der Waals surface area contributed by atoms with Gasteiger partial charge in [0.1, 0.15) is 5.75 Å². The van der Waals surface area contributed by atoms with Gasteiger partial charge in [0.25, 0.3) is 5.91 Å². The minimum atomic E-state index is -0.0538. The fourth-order valence-corrected chi connectivity index (χ4v) is 3.40. The van der Waals surface area contributed by atoms with E-state index in [0.717, 1.165) is 27.9 Å². The van der Waals surface area contributed by atoms with Crippen molar-refractivity contribution in [3.05, 3.63) is 64.8 Å². The molecule has 0 bridgehead atoms. The van der Waals surface area contributed by atoms with E-state index < -0.39 is 0 Å². The zero-order valence-corrected chi connectivity index (χ0v) is 17.1. The molecule has 0 atom stereocenters. The monoisotopic (exact) mass is 397 g/mol. The molecule has 1 amide bonds. The van der Waals surface area contributed by atoms with Crippen LogP contribution in [0.5, 0.6) is 5.75 Å². The Morgan fingerprint density at radius 3 is 2.64 bits per heavy atom. The van der Waals surface area contributed by atoms with Crippen LogP contribution in [-0.4, -0.2) is 36.0 Å². The molecule has 146 valence electrons. The fraction of sp³-hybridized carbons (Fsp3) is 0.273. The number of para-hydroxylation sites is 1. The molecule has 1 N–H and O–H groups in total. The highest BCUT2D eigenvalue weighted by Gasteiger charge is 2.20. The highest BCUT2D eigenvalue weighted by molar-refractivity contribution is 6.31. The van der Waals surface area contributed by atoms with Crippen LogP contribution in [0.1, 0.15) is 29.8 Å². The first kappa shape index (κ1) is 20.0. The number of nitrogens with one attached hydrogen (secondary N) is 1. The molecule has 2 aromatic carbocycles. The van der Waals surface area contributed by atoms with E-state index in [4.69, 9.17) is 16.3 Å². The quantitative estimate of drug-likeness (QED) is 0.610. The number of fused-ring (bicyclic) bond motifs is 1. The van der Waals surface area contributed by atoms with Crippen LogP contribution in [0.4, 0.5) is 5.69 Å². The molecule has 1 aromatic heterocycles. The second kappa shape index (κ2) is 8.93. The largest absolute Gasteiger partial charge is 0.496 e. The Labute approximate surface area is 170 Å². The van der Waals surface area contributed by atoms with Gasteiger partial charge in [-0.2, -0.15) is 0 Å². The smallest absolute Gasteiger partial charge is 0.257 e. The van der Waals surface area contributed by atoms with Crippen LogP contribution in [0.2, 0.25) is 5.02 Å². The summed E-state index contributed by atoms with van der Waals surface area (Å²) in [5, 5.41) is 4.85. The van der Waals surface area contributed by atoms with Crippen LogP contribution in [0.15, 0.2) is 48.7 Å². The Morgan fingerprint density at radius 2 is 1.93 bits per heavy atom. The van der Waals surface area contributed by atoms with Gasteiger partial charge in [-0.1, -0.05) is 29.8 Å². The maximum Gasteiger partial charge on any atom is 0.257 e. The van der Waals surface area contributed by atoms with Gasteiger partial charge in [-0.15, -0.1) is 0 Å². The molecule has 0 saturated carbocycles. The van der Waals surface area contributed by atoms with Crippen molar-refractivity contribution in [1.29, 1.82) is 0 Å². The Hall–Kier alpha value is -2.79. The summed E-state index contributed by atoms with van der Waals surface area (Å²) in [6, 6.07) is 13.3. The number of nitrogens with zero attached hydrogens (tertiary/aromatic N) is 2. The van der Waals surface area contributed by atoms with Crippen LogP contribution in [0, 0.1) is 0 Å². The Morgan fingerprint density at radius 1 is 1.18 bits per heavy atom. The van der Waals surface area contributed by atoms with Crippen molar-refractivity contribution < 1.29 is 9.53 Å². The van der Waals surface area contributed by atoms with E-state index in [1.54, 1.807) is 24.3 Å². The first-order chi connectivity index (χ1) is 13.6. The second-order valence-corrected chi connectivity index (χ2v) is 6.79. The third-order valence-corrected chi connectivity index (χ3v) is 4.99. The molecule has 0 aliphatic carbocycles. The summed E-state index contributed by atoms with van der Waals surface area (Å²) in [6.07, 6.45) is 1.64. The minimum Gasteiger partial charge on any atom is -0.496 e. The van der Waals surface area contributed by atoms with E-state index in [1.807, 2.05) is 50.2 Å². The third kappa shape index (κ3) is 4.04. The van der Waals surface area contributed by atoms with Crippen molar-refractivity contribution in [3.63, 3.8) is 0 Å². The van der Waals surface area contributed by atoms with Crippen LogP contribution in [0.3, 0.4) is 0 Å². The van der Waals surface area contributed by atoms with Gasteiger partial charge in [-0.3, -0.25) is 9.78 Å². The number of amides is 1. The average Bonchev–Trinajstić information content (AvgIpc) is 2.72. The first-order valence-corrected chi connectivity index (χ1v) is 9.70. The van der Waals surface area contributed by atoms with Crippen molar-refractivity contribution in [2.24, 2.45) is 0 Å². The number of hydrogen-bond acceptors (Lipinski definition) is 4. The number of hydrogen-bond donors (Lipinski definition) is 1. The zero-order chi connectivity index (χ0) is 20.1. The molecule has 0 fully saturated rings. The van der Waals surface area contributed by atoms with Crippen molar-refractivity contribution in [3.8, 4) is 5.75 Å². The van der Waals surface area contributed by atoms with Gasteiger partial charge >= 0.3 is 0 Å². The van der Waals surface area contributed by atoms with Gasteiger partial charge in [0.2, 0.25) is 0 Å². The van der Waals surface area contributed by atoms with E-state index >= 15 is 0 Å². The number of carbonyl (C=O) groups excluding carboxylic acids is 1. The number of anilines is 1. The van der Waals surface area contributed by atoms with E-state index in [1.165, 1.54) is 0 Å². The predicted octanol–water partition coefficient (Wildman–Crippen LogP) is 4.99. The molecule has 0 spiro atoms. The number of rotatable bonds is 7. The molecule has 6 heteroatoms. The maximum absolute atomic E-state index is 13.1. The number of methoxy groups -OCH3 is 1. The zero-order valence-electron chi connectivity index (χ0n) is 16.3. The van der Waals surface area contributed by atoms with Crippen molar-refractivity contribution >= 4 is 34.1 Å². The lowest BCUT2D eigenvalue weighted by Crippen LogP contribution is -2.31. The molecule has 0 radical (unpaired) electrons. The van der Waals surface area contributed by atoms with Gasteiger partial charge in [0, 0.05) is 41.8 Å². The van der Waals surface area contributed by atoms with Gasteiger partial charge in [0.05, 0.1) is 23.9 Å². The SMILES string of the molecule is CCN(CC)C(=O)c1cnc2ccc(Cl)cc2c1NCc1ccccc1OC. The van der Waals surface area contributed by atoms with Crippen molar-refractivity contribution in [2.45, 2.75) is 20.4 Å². The number of pyridine rings is 1. The molecule has 28 heavy (non-hydrogen) atoms. The normalized spacial score (nSPS) is 10.7. The Bertz CT molecular complexity index is 987. The topological polar surface area (TPSA) is 54.5 Å². The first-order valence-electron chi connectivity index (χ1n) is 9.32. The van der Waals surface area contributed by atoms with E-state index in [0.29, 0.717) is 30.2 Å². The number of ether oxygens (including phenoxy) is 1. The molecule has 0 unspecified atom stereocenters. The molecular weight excluding hydrogens is 374 g/mol. The summed E-state index contributed by atoms with van der Waals surface area (Å²) in [6.45, 7) is 5.71. The Balaban J connectivity index is 2.07. The number of aromatic nitrogens is 1. The van der Waals surface area contributed by atoms with Crippen LogP contribution < -0.4 is 10.1 Å². The molecule has 0 aliphatic heterocycles. The summed E-state index contributed by atoms with van der Waals surface area (Å²) < 4.78 is 5.44. The molecule has 5 nitrogen and oxygen atoms in total. The van der Waals surface area contributed by atoms with Crippen molar-refractivity contribution in [2.75, 3.05) is 25.5 Å². The standard InChI is InChI=1S/C22H24ClN3O2/c1-4-26(5-2)22(27)18-14-24-19-11-10-16(23)12-17(19)21(18)25-13-15-8-6-7-9-20(15)28-3/h6-12,14H,4-5,13H2,1-3H3,(H,24,25). The summed E-state index contributed by atoms with van der Waals surface area (Å²) >= 11 is 6.23. The second-order valence-electron chi connectivity index (χ2n) is 6.35. The summed E-state index contributed by atoms with van der Waals surface area (Å²) in [5.41, 5.74) is 3.05. The lowest BCUT2D eigenvalue weighted by atomic mass is 10.1. The van der Waals surface area contributed by atoms with Crippen LogP contribution >= 0.6 is 11.6 Å². The van der Waals surface area contributed by atoms with Gasteiger partial charge in [-0.05, 0) is 38.1 Å². The Kier molecular flexibility index (Phi) is 6.37. The van der Waals surface area contributed by atoms with E-state index in [9.17, 15) is 4.79 Å². The molecule has 3 aromatic rings. The molecule has 1 heterocycles.